The molecule has 1 aliphatic heterocycles. The Kier molecular flexibility index (Phi) is 3.47. The van der Waals surface area contributed by atoms with Crippen LogP contribution in [0.15, 0.2) is 29.2 Å². The van der Waals surface area contributed by atoms with Gasteiger partial charge in [0.1, 0.15) is 11.3 Å². The van der Waals surface area contributed by atoms with E-state index < -0.39 is 11.6 Å². The van der Waals surface area contributed by atoms with E-state index >= 15 is 0 Å². The molecule has 1 aliphatic rings. The number of carbonyl (C=O) groups excluding carboxylic acids is 2. The molecule has 0 bridgehead atoms. The maximum absolute atomic E-state index is 11.6. The van der Waals surface area contributed by atoms with Crippen molar-refractivity contribution in [3.8, 4) is 5.75 Å². The number of nitrogens with one attached hydrogen (secondary N) is 2. The molecular formula is C12H14N2O3S. The molecule has 3 amide bonds. The Bertz CT molecular complexity index is 475. The fourth-order valence-corrected chi connectivity index (χ4v) is 2.57. The van der Waals surface area contributed by atoms with E-state index in [2.05, 4.69) is 10.6 Å². The van der Waals surface area contributed by atoms with E-state index in [0.29, 0.717) is 5.75 Å². The summed E-state index contributed by atoms with van der Waals surface area (Å²) in [6, 6.07) is 7.12. The van der Waals surface area contributed by atoms with Crippen LogP contribution in [0.1, 0.15) is 6.92 Å². The van der Waals surface area contributed by atoms with Gasteiger partial charge in [0.05, 0.1) is 7.11 Å². The van der Waals surface area contributed by atoms with E-state index in [1.807, 2.05) is 24.3 Å². The monoisotopic (exact) mass is 266 g/mol. The number of ether oxygens (including phenoxy) is 1. The van der Waals surface area contributed by atoms with Crippen LogP contribution < -0.4 is 15.4 Å². The maximum Gasteiger partial charge on any atom is 0.322 e. The number of urea groups is 1. The standard InChI is InChI=1S/C12H14N2O3S/c1-12(10(15)13-11(16)14-12)7-18-9-5-3-8(17-2)4-6-9/h3-6H,7H2,1-2H3,(H2,13,14,15,16). The van der Waals surface area contributed by atoms with Gasteiger partial charge in [-0.15, -0.1) is 11.8 Å². The maximum atomic E-state index is 11.6. The molecule has 1 unspecified atom stereocenters. The highest BCUT2D eigenvalue weighted by atomic mass is 32.2. The van der Waals surface area contributed by atoms with Gasteiger partial charge in [0.15, 0.2) is 0 Å². The van der Waals surface area contributed by atoms with E-state index in [1.165, 1.54) is 11.8 Å². The molecule has 0 saturated carbocycles. The predicted octanol–water partition coefficient (Wildman–Crippen LogP) is 1.39. The number of thioether (sulfide) groups is 1. The summed E-state index contributed by atoms with van der Waals surface area (Å²) in [6.45, 7) is 1.71. The summed E-state index contributed by atoms with van der Waals surface area (Å²) in [5, 5.41) is 4.87. The van der Waals surface area contributed by atoms with Crippen molar-refractivity contribution in [2.24, 2.45) is 0 Å². The summed E-state index contributed by atoms with van der Waals surface area (Å²) in [5.74, 6) is 0.989. The van der Waals surface area contributed by atoms with Crippen molar-refractivity contribution in [1.82, 2.24) is 10.6 Å². The predicted molar refractivity (Wildman–Crippen MR) is 68.8 cm³/mol. The number of carbonyl (C=O) groups is 2. The van der Waals surface area contributed by atoms with Crippen LogP contribution in [0.2, 0.25) is 0 Å². The van der Waals surface area contributed by atoms with Crippen LogP contribution in [0.4, 0.5) is 4.79 Å². The second-order valence-electron chi connectivity index (χ2n) is 4.20. The number of imide groups is 1. The molecule has 1 aromatic carbocycles. The minimum Gasteiger partial charge on any atom is -0.497 e. The smallest absolute Gasteiger partial charge is 0.322 e. The van der Waals surface area contributed by atoms with Gasteiger partial charge >= 0.3 is 6.03 Å². The van der Waals surface area contributed by atoms with Crippen LogP contribution >= 0.6 is 11.8 Å². The second kappa shape index (κ2) is 4.89. The normalized spacial score (nSPS) is 22.6. The van der Waals surface area contributed by atoms with Crippen LogP contribution in [-0.4, -0.2) is 30.3 Å². The molecule has 2 rings (SSSR count). The number of amides is 3. The van der Waals surface area contributed by atoms with Crippen molar-refractivity contribution < 1.29 is 14.3 Å². The van der Waals surface area contributed by atoms with Crippen LogP contribution in [0, 0.1) is 0 Å². The zero-order valence-corrected chi connectivity index (χ0v) is 11.0. The lowest BCUT2D eigenvalue weighted by Gasteiger charge is -2.19. The molecule has 0 radical (unpaired) electrons. The van der Waals surface area contributed by atoms with Crippen LogP contribution in [0.5, 0.6) is 5.75 Å². The van der Waals surface area contributed by atoms with E-state index in [9.17, 15) is 9.59 Å². The molecular weight excluding hydrogens is 252 g/mol. The van der Waals surface area contributed by atoms with Gasteiger partial charge in [0, 0.05) is 10.6 Å². The van der Waals surface area contributed by atoms with E-state index in [0.717, 1.165) is 10.6 Å². The van der Waals surface area contributed by atoms with Gasteiger partial charge in [-0.25, -0.2) is 4.79 Å². The minimum absolute atomic E-state index is 0.284. The second-order valence-corrected chi connectivity index (χ2v) is 5.25. The Labute approximate surface area is 109 Å². The van der Waals surface area contributed by atoms with Gasteiger partial charge in [-0.3, -0.25) is 10.1 Å². The number of hydrogen-bond acceptors (Lipinski definition) is 4. The lowest BCUT2D eigenvalue weighted by molar-refractivity contribution is -0.122. The highest BCUT2D eigenvalue weighted by Crippen LogP contribution is 2.26. The van der Waals surface area contributed by atoms with Gasteiger partial charge in [0.2, 0.25) is 0 Å². The summed E-state index contributed by atoms with van der Waals surface area (Å²) < 4.78 is 5.07. The van der Waals surface area contributed by atoms with Crippen molar-refractivity contribution in [3.05, 3.63) is 24.3 Å². The first-order valence-electron chi connectivity index (χ1n) is 5.44. The number of rotatable bonds is 4. The lowest BCUT2D eigenvalue weighted by Crippen LogP contribution is -2.46. The topological polar surface area (TPSA) is 67.4 Å². The molecule has 1 saturated heterocycles. The van der Waals surface area contributed by atoms with Gasteiger partial charge in [0.25, 0.3) is 5.91 Å². The van der Waals surface area contributed by atoms with Crippen molar-refractivity contribution in [3.63, 3.8) is 0 Å². The Balaban J connectivity index is 1.98. The van der Waals surface area contributed by atoms with Crippen LogP contribution in [0.3, 0.4) is 0 Å². The number of benzene rings is 1. The average Bonchev–Trinajstić information content (AvgIpc) is 2.61. The molecule has 2 N–H and O–H groups in total. The van der Waals surface area contributed by atoms with Gasteiger partial charge < -0.3 is 10.1 Å². The summed E-state index contributed by atoms with van der Waals surface area (Å²) in [6.07, 6.45) is 0. The molecule has 1 aromatic rings. The third-order valence-electron chi connectivity index (χ3n) is 2.70. The highest BCUT2D eigenvalue weighted by Gasteiger charge is 2.41. The molecule has 5 nitrogen and oxygen atoms in total. The first-order valence-corrected chi connectivity index (χ1v) is 6.42. The first kappa shape index (κ1) is 12.8. The molecule has 0 spiro atoms. The molecule has 1 atom stereocenters. The van der Waals surface area contributed by atoms with Crippen molar-refractivity contribution in [1.29, 1.82) is 0 Å². The van der Waals surface area contributed by atoms with E-state index in [-0.39, 0.29) is 5.91 Å². The van der Waals surface area contributed by atoms with Gasteiger partial charge in [-0.2, -0.15) is 0 Å². The third kappa shape index (κ3) is 2.59. The summed E-state index contributed by atoms with van der Waals surface area (Å²) >= 11 is 1.51. The molecule has 6 heteroatoms. The largest absolute Gasteiger partial charge is 0.497 e. The average molecular weight is 266 g/mol. The fraction of sp³-hybridized carbons (Fsp3) is 0.333. The summed E-state index contributed by atoms with van der Waals surface area (Å²) in [5.41, 5.74) is -0.846. The molecule has 96 valence electrons. The van der Waals surface area contributed by atoms with Crippen molar-refractivity contribution in [2.75, 3.05) is 12.9 Å². The molecule has 1 heterocycles. The Morgan fingerprint density at radius 1 is 1.28 bits per heavy atom. The molecule has 0 aliphatic carbocycles. The summed E-state index contributed by atoms with van der Waals surface area (Å²) in [4.78, 5) is 23.7. The Hall–Kier alpha value is -1.69. The Morgan fingerprint density at radius 2 is 1.94 bits per heavy atom. The van der Waals surface area contributed by atoms with Crippen LogP contribution in [0.25, 0.3) is 0 Å². The Morgan fingerprint density at radius 3 is 2.44 bits per heavy atom. The highest BCUT2D eigenvalue weighted by molar-refractivity contribution is 7.99. The minimum atomic E-state index is -0.846. The van der Waals surface area contributed by atoms with Crippen molar-refractivity contribution >= 4 is 23.7 Å². The molecule has 0 aromatic heterocycles. The number of hydrogen-bond donors (Lipinski definition) is 2. The van der Waals surface area contributed by atoms with Gasteiger partial charge in [-0.1, -0.05) is 0 Å². The van der Waals surface area contributed by atoms with Gasteiger partial charge in [-0.05, 0) is 31.2 Å². The molecule has 1 fully saturated rings. The van der Waals surface area contributed by atoms with Crippen molar-refractivity contribution in [2.45, 2.75) is 17.4 Å². The number of methoxy groups -OCH3 is 1. The molecule has 18 heavy (non-hydrogen) atoms. The lowest BCUT2D eigenvalue weighted by atomic mass is 10.1. The fourth-order valence-electron chi connectivity index (χ4n) is 1.58. The van der Waals surface area contributed by atoms with E-state index in [1.54, 1.807) is 14.0 Å². The zero-order chi connectivity index (χ0) is 13.2. The third-order valence-corrected chi connectivity index (χ3v) is 4.03. The SMILES string of the molecule is COc1ccc(SCC2(C)NC(=O)NC2=O)cc1. The van der Waals surface area contributed by atoms with E-state index in [4.69, 9.17) is 4.74 Å². The van der Waals surface area contributed by atoms with Crippen LogP contribution in [-0.2, 0) is 4.79 Å². The first-order chi connectivity index (χ1) is 8.53. The quantitative estimate of drug-likeness (QED) is 0.638. The summed E-state index contributed by atoms with van der Waals surface area (Å²) in [7, 11) is 1.61. The zero-order valence-electron chi connectivity index (χ0n) is 10.1.